The first-order chi connectivity index (χ1) is 9.78. The van der Waals surface area contributed by atoms with Crippen molar-refractivity contribution < 1.29 is 4.52 Å². The number of hydrogen-bond donors (Lipinski definition) is 1. The second-order valence-corrected chi connectivity index (χ2v) is 6.12. The summed E-state index contributed by atoms with van der Waals surface area (Å²) in [6.07, 6.45) is 4.49. The van der Waals surface area contributed by atoms with Gasteiger partial charge in [-0.25, -0.2) is 0 Å². The molecule has 1 aromatic heterocycles. The van der Waals surface area contributed by atoms with Gasteiger partial charge in [0.1, 0.15) is 0 Å². The van der Waals surface area contributed by atoms with Crippen molar-refractivity contribution in [2.24, 2.45) is 5.92 Å². The Labute approximate surface area is 123 Å². The quantitative estimate of drug-likeness (QED) is 0.876. The summed E-state index contributed by atoms with van der Waals surface area (Å²) in [6.45, 7) is 3.25. The summed E-state index contributed by atoms with van der Waals surface area (Å²) < 4.78 is 5.46. The van der Waals surface area contributed by atoms with E-state index in [1.165, 1.54) is 17.7 Å². The van der Waals surface area contributed by atoms with Crippen LogP contribution in [0.4, 0.5) is 0 Å². The monoisotopic (exact) mass is 289 g/mol. The molecule has 0 saturated carbocycles. The normalized spacial score (nSPS) is 22.9. The van der Waals surface area contributed by atoms with Crippen LogP contribution >= 0.6 is 11.8 Å². The van der Waals surface area contributed by atoms with Crippen molar-refractivity contribution >= 4 is 11.8 Å². The molecule has 2 heterocycles. The van der Waals surface area contributed by atoms with E-state index >= 15 is 0 Å². The predicted octanol–water partition coefficient (Wildman–Crippen LogP) is 3.52. The number of benzene rings is 1. The Hall–Kier alpha value is -1.33. The Bertz CT molecular complexity index is 567. The van der Waals surface area contributed by atoms with Gasteiger partial charge in [-0.15, -0.1) is 11.8 Å². The summed E-state index contributed by atoms with van der Waals surface area (Å²) >= 11 is 1.73. The Balaban J connectivity index is 1.81. The smallest absolute Gasteiger partial charge is 0.244 e. The van der Waals surface area contributed by atoms with Gasteiger partial charge in [0.2, 0.25) is 11.7 Å². The van der Waals surface area contributed by atoms with Crippen LogP contribution in [0.15, 0.2) is 33.7 Å². The fraction of sp³-hybridized carbons (Fsp3) is 0.467. The minimum atomic E-state index is 0.190. The van der Waals surface area contributed by atoms with Crippen molar-refractivity contribution in [2.45, 2.75) is 30.7 Å². The van der Waals surface area contributed by atoms with Gasteiger partial charge < -0.3 is 9.84 Å². The lowest BCUT2D eigenvalue weighted by molar-refractivity contribution is 0.239. The van der Waals surface area contributed by atoms with E-state index in [0.29, 0.717) is 17.6 Å². The number of piperidine rings is 1. The molecule has 0 bridgehead atoms. The molecule has 1 saturated heterocycles. The molecule has 0 spiro atoms. The highest BCUT2D eigenvalue weighted by Crippen LogP contribution is 2.29. The van der Waals surface area contributed by atoms with E-state index in [-0.39, 0.29) is 6.04 Å². The molecule has 0 amide bonds. The minimum Gasteiger partial charge on any atom is -0.337 e. The van der Waals surface area contributed by atoms with Crippen molar-refractivity contribution in [1.29, 1.82) is 0 Å². The van der Waals surface area contributed by atoms with Crippen LogP contribution in [0.1, 0.15) is 31.7 Å². The molecule has 2 unspecified atom stereocenters. The number of rotatable bonds is 3. The van der Waals surface area contributed by atoms with Crippen molar-refractivity contribution in [2.75, 3.05) is 12.8 Å². The van der Waals surface area contributed by atoms with E-state index in [2.05, 4.69) is 40.8 Å². The van der Waals surface area contributed by atoms with E-state index in [9.17, 15) is 0 Å². The second kappa shape index (κ2) is 5.97. The van der Waals surface area contributed by atoms with Crippen LogP contribution < -0.4 is 5.32 Å². The maximum atomic E-state index is 5.46. The topological polar surface area (TPSA) is 51.0 Å². The van der Waals surface area contributed by atoms with Crippen LogP contribution in [0.5, 0.6) is 0 Å². The zero-order valence-corrected chi connectivity index (χ0v) is 12.6. The third-order valence-electron chi connectivity index (χ3n) is 3.83. The van der Waals surface area contributed by atoms with Crippen molar-refractivity contribution in [3.8, 4) is 11.4 Å². The zero-order valence-electron chi connectivity index (χ0n) is 11.8. The Kier molecular flexibility index (Phi) is 4.08. The summed E-state index contributed by atoms with van der Waals surface area (Å²) in [5.41, 5.74) is 1.00. The fourth-order valence-electron chi connectivity index (χ4n) is 2.60. The van der Waals surface area contributed by atoms with Gasteiger partial charge >= 0.3 is 0 Å². The minimum absolute atomic E-state index is 0.190. The maximum Gasteiger partial charge on any atom is 0.244 e. The molecule has 20 heavy (non-hydrogen) atoms. The van der Waals surface area contributed by atoms with Gasteiger partial charge in [-0.3, -0.25) is 0 Å². The molecule has 5 heteroatoms. The second-order valence-electron chi connectivity index (χ2n) is 5.24. The van der Waals surface area contributed by atoms with E-state index < -0.39 is 0 Å². The summed E-state index contributed by atoms with van der Waals surface area (Å²) in [4.78, 5) is 5.80. The molecule has 4 nitrogen and oxygen atoms in total. The highest BCUT2D eigenvalue weighted by molar-refractivity contribution is 7.98. The van der Waals surface area contributed by atoms with Crippen LogP contribution in [-0.2, 0) is 0 Å². The number of hydrogen-bond acceptors (Lipinski definition) is 5. The molecule has 1 aliphatic heterocycles. The first-order valence-electron chi connectivity index (χ1n) is 6.99. The number of nitrogens with zero attached hydrogens (tertiary/aromatic N) is 2. The average molecular weight is 289 g/mol. The lowest BCUT2D eigenvalue weighted by Crippen LogP contribution is -2.33. The van der Waals surface area contributed by atoms with E-state index in [1.807, 2.05) is 12.1 Å². The maximum absolute atomic E-state index is 5.46. The van der Waals surface area contributed by atoms with Crippen LogP contribution in [0.25, 0.3) is 11.4 Å². The molecular weight excluding hydrogens is 270 g/mol. The number of aromatic nitrogens is 2. The Morgan fingerprint density at radius 1 is 1.30 bits per heavy atom. The molecule has 0 radical (unpaired) electrons. The predicted molar refractivity (Wildman–Crippen MR) is 80.7 cm³/mol. The van der Waals surface area contributed by atoms with E-state index in [4.69, 9.17) is 4.52 Å². The molecule has 0 aliphatic carbocycles. The third-order valence-corrected chi connectivity index (χ3v) is 4.57. The van der Waals surface area contributed by atoms with Gasteiger partial charge in [0.25, 0.3) is 0 Å². The molecule has 2 atom stereocenters. The van der Waals surface area contributed by atoms with E-state index in [0.717, 1.165) is 12.1 Å². The van der Waals surface area contributed by atoms with Crippen molar-refractivity contribution in [3.05, 3.63) is 30.2 Å². The van der Waals surface area contributed by atoms with Crippen LogP contribution in [0.3, 0.4) is 0 Å². The molecule has 1 N–H and O–H groups in total. The van der Waals surface area contributed by atoms with Gasteiger partial charge in [0.15, 0.2) is 0 Å². The number of thioether (sulfide) groups is 1. The summed E-state index contributed by atoms with van der Waals surface area (Å²) in [5.74, 6) is 1.92. The van der Waals surface area contributed by atoms with Crippen LogP contribution in [0, 0.1) is 5.92 Å². The average Bonchev–Trinajstić information content (AvgIpc) is 2.97. The molecule has 106 valence electrons. The van der Waals surface area contributed by atoms with Crippen molar-refractivity contribution in [3.63, 3.8) is 0 Å². The SMILES string of the molecule is CSc1ccc(-c2noc(C3NCCCC3C)n2)cc1. The van der Waals surface area contributed by atoms with Gasteiger partial charge in [0, 0.05) is 10.5 Å². The highest BCUT2D eigenvalue weighted by atomic mass is 32.2. The van der Waals surface area contributed by atoms with Gasteiger partial charge in [-0.2, -0.15) is 4.98 Å². The molecule has 1 aromatic carbocycles. The first-order valence-corrected chi connectivity index (χ1v) is 8.22. The lowest BCUT2D eigenvalue weighted by atomic mass is 9.93. The van der Waals surface area contributed by atoms with Gasteiger partial charge in [-0.1, -0.05) is 12.1 Å². The van der Waals surface area contributed by atoms with Crippen molar-refractivity contribution in [1.82, 2.24) is 15.5 Å². The molecule has 2 aromatic rings. The Morgan fingerprint density at radius 2 is 2.10 bits per heavy atom. The third kappa shape index (κ3) is 2.74. The molecule has 1 aliphatic rings. The fourth-order valence-corrected chi connectivity index (χ4v) is 3.01. The highest BCUT2D eigenvalue weighted by Gasteiger charge is 2.27. The zero-order chi connectivity index (χ0) is 13.9. The summed E-state index contributed by atoms with van der Waals surface area (Å²) in [7, 11) is 0. The lowest BCUT2D eigenvalue weighted by Gasteiger charge is -2.26. The molecule has 1 fully saturated rings. The summed E-state index contributed by atoms with van der Waals surface area (Å²) in [5, 5.41) is 7.59. The standard InChI is InChI=1S/C15H19N3OS/c1-10-4-3-9-16-13(10)15-17-14(18-19-15)11-5-7-12(20-2)8-6-11/h5-8,10,13,16H,3-4,9H2,1-2H3. The van der Waals surface area contributed by atoms with E-state index in [1.54, 1.807) is 11.8 Å². The summed E-state index contributed by atoms with van der Waals surface area (Å²) in [6, 6.07) is 8.43. The molecule has 3 rings (SSSR count). The van der Waals surface area contributed by atoms with Crippen LogP contribution in [-0.4, -0.2) is 22.9 Å². The molecular formula is C15H19N3OS. The largest absolute Gasteiger partial charge is 0.337 e. The van der Waals surface area contributed by atoms with Gasteiger partial charge in [0.05, 0.1) is 6.04 Å². The first kappa shape index (κ1) is 13.6. The van der Waals surface area contributed by atoms with Crippen LogP contribution in [0.2, 0.25) is 0 Å². The van der Waals surface area contributed by atoms with Gasteiger partial charge in [-0.05, 0) is 55.8 Å². The Morgan fingerprint density at radius 3 is 2.80 bits per heavy atom. The number of nitrogens with one attached hydrogen (secondary N) is 1.